The molecule has 0 amide bonds. The van der Waals surface area contributed by atoms with E-state index < -0.39 is 0 Å². The monoisotopic (exact) mass is 243 g/mol. The average Bonchev–Trinajstić information content (AvgIpc) is 2.44. The Morgan fingerprint density at radius 1 is 1.25 bits per heavy atom. The molecule has 1 saturated heterocycles. The molecule has 0 aromatic carbocycles. The molecule has 1 aliphatic rings. The van der Waals surface area contributed by atoms with Crippen LogP contribution in [0.4, 0.5) is 0 Å². The van der Waals surface area contributed by atoms with Gasteiger partial charge in [0.05, 0.1) is 0 Å². The highest BCUT2D eigenvalue weighted by atomic mass is 32.1. The Morgan fingerprint density at radius 2 is 2.00 bits per heavy atom. The van der Waals surface area contributed by atoms with Gasteiger partial charge in [0.1, 0.15) is 0 Å². The fourth-order valence-corrected chi connectivity index (χ4v) is 2.84. The molecule has 2 heteroatoms. The van der Waals surface area contributed by atoms with Crippen LogP contribution in [0.25, 0.3) is 0 Å². The maximum absolute atomic E-state index is 4.45. The number of likely N-dealkylation sites (tertiary alicyclic amines) is 1. The quantitative estimate of drug-likeness (QED) is 0.718. The first-order chi connectivity index (χ1) is 7.57. The van der Waals surface area contributed by atoms with Crippen LogP contribution in [0.3, 0.4) is 0 Å². The molecule has 0 saturated carbocycles. The highest BCUT2D eigenvalue weighted by molar-refractivity contribution is 7.80. The van der Waals surface area contributed by atoms with Crippen molar-refractivity contribution < 1.29 is 0 Å². The predicted octanol–water partition coefficient (Wildman–Crippen LogP) is 3.84. The van der Waals surface area contributed by atoms with E-state index in [0.29, 0.717) is 5.41 Å². The van der Waals surface area contributed by atoms with E-state index in [2.05, 4.69) is 38.3 Å². The Hall–Kier alpha value is 0.310. The van der Waals surface area contributed by atoms with E-state index in [0.717, 1.165) is 11.7 Å². The molecule has 1 atom stereocenters. The van der Waals surface area contributed by atoms with Crippen molar-refractivity contribution in [2.24, 2.45) is 11.3 Å². The maximum atomic E-state index is 4.45. The smallest absolute Gasteiger partial charge is 0.00405 e. The van der Waals surface area contributed by atoms with Crippen LogP contribution in [0.5, 0.6) is 0 Å². The zero-order chi connectivity index (χ0) is 12.0. The second kappa shape index (κ2) is 6.90. The van der Waals surface area contributed by atoms with E-state index in [1.54, 1.807) is 0 Å². The third-order valence-corrected chi connectivity index (χ3v) is 4.57. The summed E-state index contributed by atoms with van der Waals surface area (Å²) >= 11 is 4.45. The van der Waals surface area contributed by atoms with Gasteiger partial charge < -0.3 is 4.90 Å². The molecule has 0 spiro atoms. The lowest BCUT2D eigenvalue weighted by Gasteiger charge is -2.30. The number of nitrogens with zero attached hydrogens (tertiary/aromatic N) is 1. The lowest BCUT2D eigenvalue weighted by atomic mass is 9.95. The summed E-state index contributed by atoms with van der Waals surface area (Å²) in [5.41, 5.74) is 0.369. The molecule has 1 aliphatic heterocycles. The molecule has 1 fully saturated rings. The summed E-state index contributed by atoms with van der Waals surface area (Å²) in [4.78, 5) is 2.66. The van der Waals surface area contributed by atoms with Gasteiger partial charge in [0, 0.05) is 6.54 Å². The standard InChI is InChI=1S/C14H29NS/c1-4-6-13-7-5-9-15(10-8-13)11-14(2,3)12-16/h13,16H,4-12H2,1-3H3. The van der Waals surface area contributed by atoms with Gasteiger partial charge in [-0.25, -0.2) is 0 Å². The Labute approximate surface area is 107 Å². The van der Waals surface area contributed by atoms with Crippen LogP contribution in [0.1, 0.15) is 52.9 Å². The first-order valence-corrected chi connectivity index (χ1v) is 7.54. The molecule has 16 heavy (non-hydrogen) atoms. The van der Waals surface area contributed by atoms with Crippen molar-refractivity contribution in [1.82, 2.24) is 4.90 Å². The van der Waals surface area contributed by atoms with Gasteiger partial charge in [0.15, 0.2) is 0 Å². The van der Waals surface area contributed by atoms with E-state index in [1.807, 2.05) is 0 Å². The minimum Gasteiger partial charge on any atom is -0.303 e. The third-order valence-electron chi connectivity index (χ3n) is 3.72. The van der Waals surface area contributed by atoms with Gasteiger partial charge in [0.25, 0.3) is 0 Å². The minimum atomic E-state index is 0.369. The summed E-state index contributed by atoms with van der Waals surface area (Å²) in [7, 11) is 0. The Morgan fingerprint density at radius 3 is 2.62 bits per heavy atom. The lowest BCUT2D eigenvalue weighted by Crippen LogP contribution is -2.36. The molecule has 96 valence electrons. The molecule has 0 radical (unpaired) electrons. The van der Waals surface area contributed by atoms with E-state index in [9.17, 15) is 0 Å². The lowest BCUT2D eigenvalue weighted by molar-refractivity contribution is 0.198. The van der Waals surface area contributed by atoms with Crippen LogP contribution >= 0.6 is 12.6 Å². The molecule has 0 bridgehead atoms. The van der Waals surface area contributed by atoms with Crippen LogP contribution in [-0.4, -0.2) is 30.3 Å². The number of rotatable bonds is 5. The maximum Gasteiger partial charge on any atom is 0.00405 e. The molecule has 1 rings (SSSR count). The van der Waals surface area contributed by atoms with Crippen molar-refractivity contribution in [3.63, 3.8) is 0 Å². The zero-order valence-electron chi connectivity index (χ0n) is 11.3. The normalized spacial score (nSPS) is 24.4. The largest absolute Gasteiger partial charge is 0.303 e. The van der Waals surface area contributed by atoms with Crippen molar-refractivity contribution in [3.8, 4) is 0 Å². The van der Waals surface area contributed by atoms with Gasteiger partial charge >= 0.3 is 0 Å². The average molecular weight is 243 g/mol. The van der Waals surface area contributed by atoms with Crippen molar-refractivity contribution in [2.45, 2.75) is 52.9 Å². The fourth-order valence-electron chi connectivity index (χ4n) is 2.74. The van der Waals surface area contributed by atoms with Crippen LogP contribution < -0.4 is 0 Å². The number of hydrogen-bond acceptors (Lipinski definition) is 2. The van der Waals surface area contributed by atoms with Crippen molar-refractivity contribution in [1.29, 1.82) is 0 Å². The summed E-state index contributed by atoms with van der Waals surface area (Å²) in [6.07, 6.45) is 7.05. The molecule has 1 nitrogen and oxygen atoms in total. The van der Waals surface area contributed by atoms with Gasteiger partial charge in [-0.05, 0) is 49.4 Å². The molecule has 1 unspecified atom stereocenters. The molecule has 0 aromatic rings. The van der Waals surface area contributed by atoms with Gasteiger partial charge in [-0.1, -0.05) is 33.6 Å². The van der Waals surface area contributed by atoms with Crippen molar-refractivity contribution >= 4 is 12.6 Å². The number of thiol groups is 1. The summed E-state index contributed by atoms with van der Waals surface area (Å²) < 4.78 is 0. The fraction of sp³-hybridized carbons (Fsp3) is 1.00. The second-order valence-corrected chi connectivity index (χ2v) is 6.50. The van der Waals surface area contributed by atoms with Gasteiger partial charge in [-0.2, -0.15) is 12.6 Å². The van der Waals surface area contributed by atoms with Crippen LogP contribution in [0.2, 0.25) is 0 Å². The summed E-state index contributed by atoms with van der Waals surface area (Å²) in [5.74, 6) is 1.98. The molecule has 0 aliphatic carbocycles. The van der Waals surface area contributed by atoms with Crippen molar-refractivity contribution in [3.05, 3.63) is 0 Å². The number of hydrogen-bond donors (Lipinski definition) is 1. The van der Waals surface area contributed by atoms with E-state index in [1.165, 1.54) is 51.7 Å². The molecule has 0 N–H and O–H groups in total. The minimum absolute atomic E-state index is 0.369. The first-order valence-electron chi connectivity index (χ1n) is 6.90. The Balaban J connectivity index is 2.35. The summed E-state index contributed by atoms with van der Waals surface area (Å²) in [5, 5.41) is 0. The molecule has 0 aromatic heterocycles. The van der Waals surface area contributed by atoms with Crippen LogP contribution in [-0.2, 0) is 0 Å². The molecular formula is C14H29NS. The van der Waals surface area contributed by atoms with Crippen LogP contribution in [0, 0.1) is 11.3 Å². The topological polar surface area (TPSA) is 3.24 Å². The van der Waals surface area contributed by atoms with Gasteiger partial charge in [-0.15, -0.1) is 0 Å². The molecular weight excluding hydrogens is 214 g/mol. The highest BCUT2D eigenvalue weighted by Crippen LogP contribution is 2.25. The van der Waals surface area contributed by atoms with Gasteiger partial charge in [0.2, 0.25) is 0 Å². The van der Waals surface area contributed by atoms with Gasteiger partial charge in [-0.3, -0.25) is 0 Å². The Kier molecular flexibility index (Phi) is 6.20. The predicted molar refractivity (Wildman–Crippen MR) is 76.3 cm³/mol. The summed E-state index contributed by atoms with van der Waals surface area (Å²) in [6.45, 7) is 10.8. The van der Waals surface area contributed by atoms with E-state index in [4.69, 9.17) is 0 Å². The zero-order valence-corrected chi connectivity index (χ0v) is 12.2. The first kappa shape index (κ1) is 14.4. The second-order valence-electron chi connectivity index (χ2n) is 6.18. The van der Waals surface area contributed by atoms with E-state index in [-0.39, 0.29) is 0 Å². The van der Waals surface area contributed by atoms with Crippen LogP contribution in [0.15, 0.2) is 0 Å². The van der Waals surface area contributed by atoms with Crippen molar-refractivity contribution in [2.75, 3.05) is 25.4 Å². The Bertz CT molecular complexity index is 191. The molecule has 1 heterocycles. The van der Waals surface area contributed by atoms with E-state index >= 15 is 0 Å². The SMILES string of the molecule is CCCC1CCCN(CC(C)(C)CS)CC1. The third kappa shape index (κ3) is 5.09. The highest BCUT2D eigenvalue weighted by Gasteiger charge is 2.22. The summed E-state index contributed by atoms with van der Waals surface area (Å²) in [6, 6.07) is 0.